The van der Waals surface area contributed by atoms with Crippen LogP contribution in [0.1, 0.15) is 63.1 Å². The SMILES string of the molecule is CCCNC(c1ccccc1CC)C1CCCC1. The van der Waals surface area contributed by atoms with Gasteiger partial charge in [-0.2, -0.15) is 0 Å². The van der Waals surface area contributed by atoms with Crippen LogP contribution in [0.3, 0.4) is 0 Å². The Bertz CT molecular complexity index is 352. The second kappa shape index (κ2) is 6.94. The van der Waals surface area contributed by atoms with Crippen LogP contribution >= 0.6 is 0 Å². The van der Waals surface area contributed by atoms with Gasteiger partial charge in [0, 0.05) is 6.04 Å². The fourth-order valence-electron chi connectivity index (χ4n) is 3.28. The minimum atomic E-state index is 0.587. The molecule has 0 saturated heterocycles. The van der Waals surface area contributed by atoms with Gasteiger partial charge in [-0.05, 0) is 49.3 Å². The Morgan fingerprint density at radius 2 is 1.89 bits per heavy atom. The predicted molar refractivity (Wildman–Crippen MR) is 78.8 cm³/mol. The van der Waals surface area contributed by atoms with E-state index >= 15 is 0 Å². The first-order valence-corrected chi connectivity index (χ1v) is 7.68. The molecule has 0 spiro atoms. The smallest absolute Gasteiger partial charge is 0.0351 e. The third kappa shape index (κ3) is 3.14. The molecule has 100 valence electrons. The van der Waals surface area contributed by atoms with E-state index in [4.69, 9.17) is 0 Å². The Kier molecular flexibility index (Phi) is 5.25. The van der Waals surface area contributed by atoms with Crippen LogP contribution < -0.4 is 5.32 Å². The highest BCUT2D eigenvalue weighted by atomic mass is 14.9. The lowest BCUT2D eigenvalue weighted by atomic mass is 9.88. The summed E-state index contributed by atoms with van der Waals surface area (Å²) < 4.78 is 0. The molecule has 1 atom stereocenters. The lowest BCUT2D eigenvalue weighted by molar-refractivity contribution is 0.366. The molecule has 1 saturated carbocycles. The van der Waals surface area contributed by atoms with E-state index in [2.05, 4.69) is 43.4 Å². The van der Waals surface area contributed by atoms with Crippen molar-refractivity contribution in [2.24, 2.45) is 5.92 Å². The van der Waals surface area contributed by atoms with Crippen molar-refractivity contribution in [2.75, 3.05) is 6.54 Å². The van der Waals surface area contributed by atoms with Gasteiger partial charge < -0.3 is 5.32 Å². The van der Waals surface area contributed by atoms with Crippen molar-refractivity contribution in [3.8, 4) is 0 Å². The van der Waals surface area contributed by atoms with Gasteiger partial charge in [-0.1, -0.05) is 51.0 Å². The maximum Gasteiger partial charge on any atom is 0.0351 e. The zero-order valence-electron chi connectivity index (χ0n) is 11.9. The van der Waals surface area contributed by atoms with Gasteiger partial charge in [0.25, 0.3) is 0 Å². The number of rotatable bonds is 6. The zero-order valence-corrected chi connectivity index (χ0v) is 11.9. The molecule has 1 heteroatoms. The average molecular weight is 245 g/mol. The van der Waals surface area contributed by atoms with Crippen LogP contribution in [0.2, 0.25) is 0 Å². The van der Waals surface area contributed by atoms with Gasteiger partial charge in [0.15, 0.2) is 0 Å². The minimum Gasteiger partial charge on any atom is -0.310 e. The van der Waals surface area contributed by atoms with E-state index in [0.717, 1.165) is 18.9 Å². The Hall–Kier alpha value is -0.820. The van der Waals surface area contributed by atoms with Crippen LogP contribution in [0.15, 0.2) is 24.3 Å². The number of aryl methyl sites for hydroxylation is 1. The van der Waals surface area contributed by atoms with Gasteiger partial charge >= 0.3 is 0 Å². The van der Waals surface area contributed by atoms with Gasteiger partial charge in [0.05, 0.1) is 0 Å². The molecule has 0 aliphatic heterocycles. The molecule has 1 aromatic carbocycles. The lowest BCUT2D eigenvalue weighted by Gasteiger charge is -2.27. The first-order valence-electron chi connectivity index (χ1n) is 7.68. The molecule has 1 fully saturated rings. The van der Waals surface area contributed by atoms with Crippen LogP contribution in [0.5, 0.6) is 0 Å². The average Bonchev–Trinajstić information content (AvgIpc) is 2.94. The summed E-state index contributed by atoms with van der Waals surface area (Å²) in [4.78, 5) is 0. The molecular formula is C17H27N. The minimum absolute atomic E-state index is 0.587. The van der Waals surface area contributed by atoms with E-state index in [1.807, 2.05) is 0 Å². The molecule has 1 aliphatic carbocycles. The van der Waals surface area contributed by atoms with Crippen LogP contribution in [-0.4, -0.2) is 6.54 Å². The lowest BCUT2D eigenvalue weighted by Crippen LogP contribution is -2.28. The van der Waals surface area contributed by atoms with Crippen LogP contribution in [0.25, 0.3) is 0 Å². The van der Waals surface area contributed by atoms with Gasteiger partial charge in [-0.15, -0.1) is 0 Å². The first kappa shape index (κ1) is 13.6. The van der Waals surface area contributed by atoms with E-state index in [1.54, 1.807) is 5.56 Å². The van der Waals surface area contributed by atoms with Crippen molar-refractivity contribution in [1.29, 1.82) is 0 Å². The molecule has 1 nitrogen and oxygen atoms in total. The molecule has 0 radical (unpaired) electrons. The molecule has 1 unspecified atom stereocenters. The fourth-order valence-corrected chi connectivity index (χ4v) is 3.28. The summed E-state index contributed by atoms with van der Waals surface area (Å²) in [5.41, 5.74) is 3.08. The third-order valence-corrected chi connectivity index (χ3v) is 4.26. The monoisotopic (exact) mass is 245 g/mol. The van der Waals surface area contributed by atoms with E-state index in [9.17, 15) is 0 Å². The van der Waals surface area contributed by atoms with Gasteiger partial charge in [-0.25, -0.2) is 0 Å². The first-order chi connectivity index (χ1) is 8.86. The number of nitrogens with one attached hydrogen (secondary N) is 1. The van der Waals surface area contributed by atoms with E-state index in [1.165, 1.54) is 37.7 Å². The second-order valence-electron chi connectivity index (χ2n) is 5.53. The summed E-state index contributed by atoms with van der Waals surface area (Å²) in [6.45, 7) is 5.66. The zero-order chi connectivity index (χ0) is 12.8. The Morgan fingerprint density at radius 3 is 2.56 bits per heavy atom. The second-order valence-corrected chi connectivity index (χ2v) is 5.53. The summed E-state index contributed by atoms with van der Waals surface area (Å²) >= 11 is 0. The summed E-state index contributed by atoms with van der Waals surface area (Å²) in [6, 6.07) is 9.59. The van der Waals surface area contributed by atoms with Gasteiger partial charge in [-0.3, -0.25) is 0 Å². The highest BCUT2D eigenvalue weighted by molar-refractivity contribution is 5.30. The van der Waals surface area contributed by atoms with Crippen LogP contribution in [0, 0.1) is 5.92 Å². The normalized spacial score (nSPS) is 18.1. The molecule has 1 aromatic rings. The summed E-state index contributed by atoms with van der Waals surface area (Å²) in [5.74, 6) is 0.851. The maximum atomic E-state index is 3.80. The predicted octanol–water partition coefficient (Wildman–Crippen LogP) is 4.48. The summed E-state index contributed by atoms with van der Waals surface area (Å²) in [7, 11) is 0. The van der Waals surface area contributed by atoms with Crippen LogP contribution in [0.4, 0.5) is 0 Å². The van der Waals surface area contributed by atoms with Crippen molar-refractivity contribution in [3.05, 3.63) is 35.4 Å². The van der Waals surface area contributed by atoms with Crippen molar-refractivity contribution in [3.63, 3.8) is 0 Å². The number of hydrogen-bond acceptors (Lipinski definition) is 1. The Morgan fingerprint density at radius 1 is 1.17 bits per heavy atom. The highest BCUT2D eigenvalue weighted by Gasteiger charge is 2.26. The number of benzene rings is 1. The highest BCUT2D eigenvalue weighted by Crippen LogP contribution is 2.36. The largest absolute Gasteiger partial charge is 0.310 e. The van der Waals surface area contributed by atoms with Crippen molar-refractivity contribution >= 4 is 0 Å². The molecule has 0 bridgehead atoms. The van der Waals surface area contributed by atoms with E-state index < -0.39 is 0 Å². The molecule has 0 amide bonds. The molecule has 18 heavy (non-hydrogen) atoms. The van der Waals surface area contributed by atoms with E-state index in [0.29, 0.717) is 6.04 Å². The molecule has 0 heterocycles. The topological polar surface area (TPSA) is 12.0 Å². The fraction of sp³-hybridized carbons (Fsp3) is 0.647. The molecule has 2 rings (SSSR count). The number of hydrogen-bond donors (Lipinski definition) is 1. The summed E-state index contributed by atoms with van der Waals surface area (Å²) in [6.07, 6.45) is 8.01. The van der Waals surface area contributed by atoms with Gasteiger partial charge in [0.1, 0.15) is 0 Å². The van der Waals surface area contributed by atoms with Gasteiger partial charge in [0.2, 0.25) is 0 Å². The molecule has 1 aliphatic rings. The molecule has 1 N–H and O–H groups in total. The quantitative estimate of drug-likeness (QED) is 0.779. The van der Waals surface area contributed by atoms with Crippen molar-refractivity contribution in [1.82, 2.24) is 5.32 Å². The summed E-state index contributed by atoms with van der Waals surface area (Å²) in [5, 5.41) is 3.80. The Labute approximate surface area is 112 Å². The third-order valence-electron chi connectivity index (χ3n) is 4.26. The van der Waals surface area contributed by atoms with Crippen molar-refractivity contribution in [2.45, 2.75) is 58.4 Å². The van der Waals surface area contributed by atoms with Crippen LogP contribution in [-0.2, 0) is 6.42 Å². The molecule has 0 aromatic heterocycles. The van der Waals surface area contributed by atoms with Crippen molar-refractivity contribution < 1.29 is 0 Å². The van der Waals surface area contributed by atoms with E-state index in [-0.39, 0.29) is 0 Å². The standard InChI is InChI=1S/C17H27N/c1-3-13-18-17(15-10-5-6-11-15)16-12-8-7-9-14(16)4-2/h7-9,12,15,17-18H,3-6,10-11,13H2,1-2H3. The Balaban J connectivity index is 2.20. The maximum absolute atomic E-state index is 3.80. The molecular weight excluding hydrogens is 218 g/mol.